The fourth-order valence-corrected chi connectivity index (χ4v) is 4.81. The largest absolute Gasteiger partial charge is 0.493 e. The van der Waals surface area contributed by atoms with Crippen LogP contribution in [0, 0.1) is 0 Å². The summed E-state index contributed by atoms with van der Waals surface area (Å²) in [4.78, 5) is 3.35. The Morgan fingerprint density at radius 1 is 0.786 bits per heavy atom. The first-order valence-corrected chi connectivity index (χ1v) is 10.2. The van der Waals surface area contributed by atoms with Crippen molar-refractivity contribution in [2.24, 2.45) is 0 Å². The average molecular weight is 393 g/mol. The molecule has 0 saturated carbocycles. The lowest BCUT2D eigenvalue weighted by Gasteiger charge is -2.11. The van der Waals surface area contributed by atoms with Crippen LogP contribution in [-0.4, -0.2) is 27.6 Å². The van der Waals surface area contributed by atoms with Gasteiger partial charge >= 0.3 is 0 Å². The molecule has 0 bridgehead atoms. The Hall–Kier alpha value is -3.25. The monoisotopic (exact) mass is 393 g/mol. The zero-order valence-electron chi connectivity index (χ0n) is 15.5. The molecule has 0 aliphatic heterocycles. The van der Waals surface area contributed by atoms with E-state index in [4.69, 9.17) is 9.47 Å². The van der Waals surface area contributed by atoms with Crippen molar-refractivity contribution < 1.29 is 17.9 Å². The Morgan fingerprint density at radius 2 is 1.46 bits per heavy atom. The van der Waals surface area contributed by atoms with E-state index in [1.165, 1.54) is 0 Å². The number of benzene rings is 3. The molecular formula is C22H19NO4S. The van der Waals surface area contributed by atoms with E-state index in [1.807, 2.05) is 30.3 Å². The van der Waals surface area contributed by atoms with Crippen molar-refractivity contribution in [3.63, 3.8) is 0 Å². The van der Waals surface area contributed by atoms with Crippen molar-refractivity contribution in [2.45, 2.75) is 9.92 Å². The van der Waals surface area contributed by atoms with Crippen LogP contribution in [0.5, 0.6) is 11.5 Å². The van der Waals surface area contributed by atoms with Gasteiger partial charge in [0.05, 0.1) is 19.1 Å². The molecule has 0 fully saturated rings. The third-order valence-corrected chi connectivity index (χ3v) is 6.40. The molecule has 1 N–H and O–H groups in total. The van der Waals surface area contributed by atoms with Crippen LogP contribution in [0.3, 0.4) is 0 Å². The highest BCUT2D eigenvalue weighted by molar-refractivity contribution is 7.91. The number of para-hydroxylation sites is 1. The molecule has 0 aliphatic carbocycles. The fourth-order valence-electron chi connectivity index (χ4n) is 3.31. The van der Waals surface area contributed by atoms with Crippen molar-refractivity contribution in [3.8, 4) is 22.6 Å². The molecule has 0 radical (unpaired) electrons. The van der Waals surface area contributed by atoms with E-state index in [2.05, 4.69) is 4.98 Å². The lowest BCUT2D eigenvalue weighted by atomic mass is 10.0. The van der Waals surface area contributed by atoms with Gasteiger partial charge in [-0.05, 0) is 35.9 Å². The zero-order chi connectivity index (χ0) is 19.7. The number of hydrogen-bond acceptors (Lipinski definition) is 4. The maximum Gasteiger partial charge on any atom is 0.222 e. The summed E-state index contributed by atoms with van der Waals surface area (Å²) < 4.78 is 37.5. The third kappa shape index (κ3) is 2.92. The lowest BCUT2D eigenvalue weighted by Crippen LogP contribution is -2.04. The van der Waals surface area contributed by atoms with E-state index >= 15 is 0 Å². The first kappa shape index (κ1) is 18.1. The Labute approximate surface area is 163 Å². The van der Waals surface area contributed by atoms with Gasteiger partial charge in [-0.15, -0.1) is 0 Å². The van der Waals surface area contributed by atoms with Crippen LogP contribution >= 0.6 is 0 Å². The number of aromatic amines is 1. The number of rotatable bonds is 5. The Bertz CT molecular complexity index is 1240. The van der Waals surface area contributed by atoms with Crippen molar-refractivity contribution in [1.29, 1.82) is 0 Å². The first-order chi connectivity index (χ1) is 13.6. The van der Waals surface area contributed by atoms with E-state index in [9.17, 15) is 8.42 Å². The average Bonchev–Trinajstić information content (AvgIpc) is 3.14. The first-order valence-electron chi connectivity index (χ1n) is 8.69. The minimum Gasteiger partial charge on any atom is -0.493 e. The fraction of sp³-hybridized carbons (Fsp3) is 0.0909. The SMILES string of the molecule is COc1ccc(-c2c(S(=O)(=O)c3ccccc3)[nH]c3ccccc23)cc1OC. The van der Waals surface area contributed by atoms with Gasteiger partial charge in [0.1, 0.15) is 5.03 Å². The van der Waals surface area contributed by atoms with Crippen molar-refractivity contribution in [2.75, 3.05) is 14.2 Å². The summed E-state index contributed by atoms with van der Waals surface area (Å²) >= 11 is 0. The number of fused-ring (bicyclic) bond motifs is 1. The van der Waals surface area contributed by atoms with Crippen LogP contribution in [0.25, 0.3) is 22.0 Å². The summed E-state index contributed by atoms with van der Waals surface area (Å²) in [5, 5.41) is 0.983. The van der Waals surface area contributed by atoms with Gasteiger partial charge in [-0.1, -0.05) is 42.5 Å². The summed E-state index contributed by atoms with van der Waals surface area (Å²) in [7, 11) is -0.624. The Balaban J connectivity index is 2.03. The molecule has 0 unspecified atom stereocenters. The predicted molar refractivity (Wildman–Crippen MR) is 109 cm³/mol. The van der Waals surface area contributed by atoms with Crippen LogP contribution in [0.15, 0.2) is 82.7 Å². The molecule has 4 aromatic rings. The molecule has 4 rings (SSSR count). The van der Waals surface area contributed by atoms with E-state index in [1.54, 1.807) is 56.7 Å². The molecule has 0 spiro atoms. The highest BCUT2D eigenvalue weighted by Gasteiger charge is 2.26. The Morgan fingerprint density at radius 3 is 2.18 bits per heavy atom. The van der Waals surface area contributed by atoms with Crippen molar-refractivity contribution in [1.82, 2.24) is 4.98 Å². The number of H-pyrrole nitrogens is 1. The topological polar surface area (TPSA) is 68.4 Å². The molecule has 3 aromatic carbocycles. The molecule has 5 nitrogen and oxygen atoms in total. The van der Waals surface area contributed by atoms with Gasteiger partial charge in [-0.2, -0.15) is 0 Å². The molecule has 6 heteroatoms. The Kier molecular flexibility index (Phi) is 4.57. The highest BCUT2D eigenvalue weighted by atomic mass is 32.2. The molecule has 0 saturated heterocycles. The molecule has 0 atom stereocenters. The van der Waals surface area contributed by atoms with Crippen molar-refractivity contribution in [3.05, 3.63) is 72.8 Å². The molecule has 1 heterocycles. The summed E-state index contributed by atoms with van der Waals surface area (Å²) in [6.45, 7) is 0. The molecule has 0 amide bonds. The number of sulfone groups is 1. The number of nitrogens with one attached hydrogen (secondary N) is 1. The van der Waals surface area contributed by atoms with E-state index in [-0.39, 0.29) is 9.92 Å². The second kappa shape index (κ2) is 7.05. The van der Waals surface area contributed by atoms with Gasteiger partial charge in [0.2, 0.25) is 9.84 Å². The van der Waals surface area contributed by atoms with E-state index in [0.717, 1.165) is 16.5 Å². The smallest absolute Gasteiger partial charge is 0.222 e. The minimum absolute atomic E-state index is 0.159. The van der Waals surface area contributed by atoms with Crippen LogP contribution in [0.2, 0.25) is 0 Å². The van der Waals surface area contributed by atoms with Gasteiger partial charge in [-0.25, -0.2) is 8.42 Å². The molecular weight excluding hydrogens is 374 g/mol. The third-order valence-electron chi connectivity index (χ3n) is 4.67. The molecule has 142 valence electrons. The van der Waals surface area contributed by atoms with Gasteiger partial charge in [0, 0.05) is 16.5 Å². The minimum atomic E-state index is -3.74. The van der Waals surface area contributed by atoms with Gasteiger partial charge in [0.15, 0.2) is 11.5 Å². The maximum absolute atomic E-state index is 13.4. The van der Waals surface area contributed by atoms with E-state index in [0.29, 0.717) is 17.1 Å². The van der Waals surface area contributed by atoms with Gasteiger partial charge in [-0.3, -0.25) is 0 Å². The molecule has 28 heavy (non-hydrogen) atoms. The number of methoxy groups -OCH3 is 2. The zero-order valence-corrected chi connectivity index (χ0v) is 16.3. The van der Waals surface area contributed by atoms with Gasteiger partial charge < -0.3 is 14.5 Å². The summed E-state index contributed by atoms with van der Waals surface area (Å²) in [5.74, 6) is 1.12. The van der Waals surface area contributed by atoms with Gasteiger partial charge in [0.25, 0.3) is 0 Å². The van der Waals surface area contributed by atoms with Crippen LogP contribution in [-0.2, 0) is 9.84 Å². The predicted octanol–water partition coefficient (Wildman–Crippen LogP) is 4.68. The summed E-state index contributed by atoms with van der Waals surface area (Å²) in [5.41, 5.74) is 2.09. The lowest BCUT2D eigenvalue weighted by molar-refractivity contribution is 0.355. The number of ether oxygens (including phenoxy) is 2. The quantitative estimate of drug-likeness (QED) is 0.534. The highest BCUT2D eigenvalue weighted by Crippen LogP contribution is 2.40. The second-order valence-corrected chi connectivity index (χ2v) is 8.15. The van der Waals surface area contributed by atoms with E-state index < -0.39 is 9.84 Å². The number of aromatic nitrogens is 1. The van der Waals surface area contributed by atoms with Crippen LogP contribution < -0.4 is 9.47 Å². The second-order valence-electron chi connectivity index (χ2n) is 6.26. The molecule has 1 aromatic heterocycles. The standard InChI is InChI=1S/C22H19NO4S/c1-26-19-13-12-15(14-20(19)27-2)21-17-10-6-7-11-18(17)23-22(21)28(24,25)16-8-4-3-5-9-16/h3-14,23H,1-2H3. The van der Waals surface area contributed by atoms with Crippen LogP contribution in [0.1, 0.15) is 0 Å². The van der Waals surface area contributed by atoms with Crippen molar-refractivity contribution >= 4 is 20.7 Å². The van der Waals surface area contributed by atoms with Crippen LogP contribution in [0.4, 0.5) is 0 Å². The summed E-state index contributed by atoms with van der Waals surface area (Å²) in [6, 6.07) is 21.3. The number of hydrogen-bond donors (Lipinski definition) is 1. The normalized spacial score (nSPS) is 11.5. The molecule has 0 aliphatic rings. The summed E-state index contributed by atoms with van der Waals surface area (Å²) in [6.07, 6.45) is 0. The maximum atomic E-state index is 13.4.